The number of rotatable bonds is 7. The van der Waals surface area contributed by atoms with Crippen LogP contribution in [0.2, 0.25) is 0 Å². The molecular weight excluding hydrogens is 248 g/mol. The Labute approximate surface area is 122 Å². The highest BCUT2D eigenvalue weighted by Crippen LogP contribution is 2.29. The van der Waals surface area contributed by atoms with Gasteiger partial charge in [0.15, 0.2) is 0 Å². The van der Waals surface area contributed by atoms with Gasteiger partial charge in [0, 0.05) is 24.7 Å². The van der Waals surface area contributed by atoms with Crippen molar-refractivity contribution in [3.8, 4) is 0 Å². The lowest BCUT2D eigenvalue weighted by Gasteiger charge is -2.24. The number of nitrogens with zero attached hydrogens (tertiary/aromatic N) is 1. The lowest BCUT2D eigenvalue weighted by atomic mass is 9.97. The summed E-state index contributed by atoms with van der Waals surface area (Å²) in [6.45, 7) is 5.22. The number of benzene rings is 1. The van der Waals surface area contributed by atoms with Gasteiger partial charge in [0.2, 0.25) is 5.91 Å². The van der Waals surface area contributed by atoms with E-state index in [1.54, 1.807) is 0 Å². The number of carbonyl (C=O) groups is 1. The molecule has 0 aromatic heterocycles. The van der Waals surface area contributed by atoms with Crippen LogP contribution in [0.3, 0.4) is 0 Å². The highest BCUT2D eigenvalue weighted by Gasteiger charge is 2.32. The standard InChI is InChI=1S/C17H26N2O/c1-3-4-11-19(16-9-10-16)17(20)12-13(2)14-5-7-15(18)8-6-14/h5-8,13,16H,3-4,9-12,18H2,1-2H3. The topological polar surface area (TPSA) is 46.3 Å². The van der Waals surface area contributed by atoms with E-state index in [2.05, 4.69) is 18.7 Å². The van der Waals surface area contributed by atoms with Crippen LogP contribution in [0, 0.1) is 0 Å². The van der Waals surface area contributed by atoms with E-state index in [0.29, 0.717) is 18.4 Å². The van der Waals surface area contributed by atoms with Gasteiger partial charge in [0.1, 0.15) is 0 Å². The summed E-state index contributed by atoms with van der Waals surface area (Å²) in [5, 5.41) is 0. The van der Waals surface area contributed by atoms with Crippen molar-refractivity contribution in [1.82, 2.24) is 4.90 Å². The Kier molecular flexibility index (Phi) is 5.05. The van der Waals surface area contributed by atoms with E-state index in [1.165, 1.54) is 18.4 Å². The molecule has 1 unspecified atom stereocenters. The smallest absolute Gasteiger partial charge is 0.223 e. The van der Waals surface area contributed by atoms with E-state index in [1.807, 2.05) is 24.3 Å². The van der Waals surface area contributed by atoms with Crippen molar-refractivity contribution in [1.29, 1.82) is 0 Å². The van der Waals surface area contributed by atoms with Crippen molar-refractivity contribution >= 4 is 11.6 Å². The SMILES string of the molecule is CCCCN(C(=O)CC(C)c1ccc(N)cc1)C1CC1. The Morgan fingerprint density at radius 2 is 2.00 bits per heavy atom. The molecule has 3 heteroatoms. The molecule has 1 aromatic rings. The zero-order chi connectivity index (χ0) is 14.5. The molecule has 1 atom stereocenters. The first-order chi connectivity index (χ1) is 9.61. The fourth-order valence-corrected chi connectivity index (χ4v) is 2.55. The fourth-order valence-electron chi connectivity index (χ4n) is 2.55. The van der Waals surface area contributed by atoms with Crippen LogP contribution < -0.4 is 5.73 Å². The van der Waals surface area contributed by atoms with Gasteiger partial charge in [-0.1, -0.05) is 32.4 Å². The maximum atomic E-state index is 12.5. The minimum absolute atomic E-state index is 0.256. The zero-order valence-corrected chi connectivity index (χ0v) is 12.6. The molecule has 3 nitrogen and oxygen atoms in total. The predicted molar refractivity (Wildman–Crippen MR) is 83.5 cm³/mol. The van der Waals surface area contributed by atoms with Crippen LogP contribution in [0.25, 0.3) is 0 Å². The Morgan fingerprint density at radius 3 is 2.55 bits per heavy atom. The molecule has 0 spiro atoms. The monoisotopic (exact) mass is 274 g/mol. The van der Waals surface area contributed by atoms with E-state index in [9.17, 15) is 4.79 Å². The molecule has 2 N–H and O–H groups in total. The maximum absolute atomic E-state index is 12.5. The van der Waals surface area contributed by atoms with Crippen LogP contribution in [0.1, 0.15) is 57.4 Å². The molecule has 1 aromatic carbocycles. The summed E-state index contributed by atoms with van der Waals surface area (Å²) in [7, 11) is 0. The van der Waals surface area contributed by atoms with Gasteiger partial charge in [-0.25, -0.2) is 0 Å². The first-order valence-corrected chi connectivity index (χ1v) is 7.76. The normalized spacial score (nSPS) is 15.9. The molecule has 0 aliphatic heterocycles. The fraction of sp³-hybridized carbons (Fsp3) is 0.588. The summed E-state index contributed by atoms with van der Waals surface area (Å²) >= 11 is 0. The Bertz CT molecular complexity index is 437. The summed E-state index contributed by atoms with van der Waals surface area (Å²) < 4.78 is 0. The van der Waals surface area contributed by atoms with Gasteiger partial charge in [0.05, 0.1) is 0 Å². The van der Waals surface area contributed by atoms with Gasteiger partial charge in [-0.05, 0) is 42.9 Å². The number of amides is 1. The Morgan fingerprint density at radius 1 is 1.35 bits per heavy atom. The van der Waals surface area contributed by atoms with Crippen LogP contribution in [0.15, 0.2) is 24.3 Å². The second-order valence-corrected chi connectivity index (χ2v) is 5.94. The van der Waals surface area contributed by atoms with Crippen molar-refractivity contribution < 1.29 is 4.79 Å². The third kappa shape index (κ3) is 3.99. The molecule has 0 heterocycles. The van der Waals surface area contributed by atoms with E-state index in [0.717, 1.165) is 25.1 Å². The third-order valence-corrected chi connectivity index (χ3v) is 4.05. The van der Waals surface area contributed by atoms with Crippen molar-refractivity contribution in [2.24, 2.45) is 0 Å². The summed E-state index contributed by atoms with van der Waals surface area (Å²) in [5.41, 5.74) is 7.67. The summed E-state index contributed by atoms with van der Waals surface area (Å²) in [6.07, 6.45) is 5.23. The molecule has 1 amide bonds. The van der Waals surface area contributed by atoms with Crippen molar-refractivity contribution in [2.75, 3.05) is 12.3 Å². The van der Waals surface area contributed by atoms with E-state index in [-0.39, 0.29) is 5.92 Å². The average Bonchev–Trinajstić information content (AvgIpc) is 3.24. The van der Waals surface area contributed by atoms with Crippen molar-refractivity contribution in [3.05, 3.63) is 29.8 Å². The van der Waals surface area contributed by atoms with E-state index < -0.39 is 0 Å². The number of anilines is 1. The second-order valence-electron chi connectivity index (χ2n) is 5.94. The predicted octanol–water partition coefficient (Wildman–Crippen LogP) is 3.55. The Balaban J connectivity index is 1.93. The summed E-state index contributed by atoms with van der Waals surface area (Å²) in [5.74, 6) is 0.566. The van der Waals surface area contributed by atoms with Crippen LogP contribution in [0.5, 0.6) is 0 Å². The van der Waals surface area contributed by atoms with E-state index in [4.69, 9.17) is 5.73 Å². The summed E-state index contributed by atoms with van der Waals surface area (Å²) in [4.78, 5) is 14.6. The van der Waals surface area contributed by atoms with Crippen LogP contribution in [-0.4, -0.2) is 23.4 Å². The highest BCUT2D eigenvalue weighted by atomic mass is 16.2. The molecule has 2 rings (SSSR count). The quantitative estimate of drug-likeness (QED) is 0.773. The molecule has 0 bridgehead atoms. The summed E-state index contributed by atoms with van der Waals surface area (Å²) in [6, 6.07) is 8.40. The number of nitrogen functional groups attached to an aromatic ring is 1. The molecule has 1 aliphatic carbocycles. The lowest BCUT2D eigenvalue weighted by Crippen LogP contribution is -2.34. The van der Waals surface area contributed by atoms with Gasteiger partial charge >= 0.3 is 0 Å². The number of unbranched alkanes of at least 4 members (excludes halogenated alkanes) is 1. The van der Waals surface area contributed by atoms with Crippen LogP contribution >= 0.6 is 0 Å². The van der Waals surface area contributed by atoms with Crippen molar-refractivity contribution in [3.63, 3.8) is 0 Å². The molecule has 1 aliphatic rings. The van der Waals surface area contributed by atoms with Crippen molar-refractivity contribution in [2.45, 2.75) is 57.9 Å². The zero-order valence-electron chi connectivity index (χ0n) is 12.6. The lowest BCUT2D eigenvalue weighted by molar-refractivity contribution is -0.132. The van der Waals surface area contributed by atoms with Crippen LogP contribution in [0.4, 0.5) is 5.69 Å². The molecule has 20 heavy (non-hydrogen) atoms. The van der Waals surface area contributed by atoms with Gasteiger partial charge in [-0.2, -0.15) is 0 Å². The van der Waals surface area contributed by atoms with Gasteiger partial charge in [-0.3, -0.25) is 4.79 Å². The largest absolute Gasteiger partial charge is 0.399 e. The van der Waals surface area contributed by atoms with Crippen LogP contribution in [-0.2, 0) is 4.79 Å². The molecule has 1 fully saturated rings. The highest BCUT2D eigenvalue weighted by molar-refractivity contribution is 5.77. The van der Waals surface area contributed by atoms with E-state index >= 15 is 0 Å². The minimum Gasteiger partial charge on any atom is -0.399 e. The average molecular weight is 274 g/mol. The first-order valence-electron chi connectivity index (χ1n) is 7.76. The number of hydrogen-bond donors (Lipinski definition) is 1. The maximum Gasteiger partial charge on any atom is 0.223 e. The van der Waals surface area contributed by atoms with Gasteiger partial charge < -0.3 is 10.6 Å². The van der Waals surface area contributed by atoms with Gasteiger partial charge in [-0.15, -0.1) is 0 Å². The van der Waals surface area contributed by atoms with Gasteiger partial charge in [0.25, 0.3) is 0 Å². The Hall–Kier alpha value is -1.51. The molecule has 110 valence electrons. The molecule has 0 saturated heterocycles. The number of nitrogens with two attached hydrogens (primary N) is 1. The molecular formula is C17H26N2O. The molecule has 0 radical (unpaired) electrons. The number of hydrogen-bond acceptors (Lipinski definition) is 2. The third-order valence-electron chi connectivity index (χ3n) is 4.05. The minimum atomic E-state index is 0.256. The number of carbonyl (C=O) groups excluding carboxylic acids is 1. The molecule has 1 saturated carbocycles. The first kappa shape index (κ1) is 14.9. The second kappa shape index (κ2) is 6.78.